The number of carbonyl (C=O) groups excluding carboxylic acids is 1. The number of rotatable bonds is 5. The molecule has 33 heavy (non-hydrogen) atoms. The van der Waals surface area contributed by atoms with Crippen LogP contribution in [-0.2, 0) is 6.54 Å². The fourth-order valence-electron chi connectivity index (χ4n) is 3.90. The number of para-hydroxylation sites is 1. The van der Waals surface area contributed by atoms with Crippen molar-refractivity contribution in [1.29, 1.82) is 0 Å². The van der Waals surface area contributed by atoms with Crippen molar-refractivity contribution in [1.82, 2.24) is 4.98 Å². The molecule has 1 amide bonds. The number of hydrogen-bond donors (Lipinski definition) is 1. The zero-order valence-electron chi connectivity index (χ0n) is 18.6. The average molecular weight is 441 g/mol. The molecule has 4 aromatic rings. The Bertz CT molecular complexity index is 1460. The van der Waals surface area contributed by atoms with Gasteiger partial charge in [0.2, 0.25) is 0 Å². The minimum absolute atomic E-state index is 0.0189. The number of H-pyrrole nitrogens is 1. The predicted octanol–water partition coefficient (Wildman–Crippen LogP) is 5.21. The van der Waals surface area contributed by atoms with Gasteiger partial charge in [0, 0.05) is 28.9 Å². The first-order valence-electron chi connectivity index (χ1n) is 10.5. The molecule has 1 heterocycles. The lowest BCUT2D eigenvalue weighted by Gasteiger charge is -2.25. The SMILES string of the molecule is Cc1ccc(C)c(N(Cc2cc3cccc(C)c3[nH]c2=O)C(=O)c2cccc([N+](=O)[O-])c2)c1. The number of amides is 1. The summed E-state index contributed by atoms with van der Waals surface area (Å²) in [6.45, 7) is 5.75. The van der Waals surface area contributed by atoms with Gasteiger partial charge in [0.25, 0.3) is 17.2 Å². The molecule has 0 atom stereocenters. The number of non-ortho nitro benzene ring substituents is 1. The van der Waals surface area contributed by atoms with E-state index in [0.717, 1.165) is 27.6 Å². The molecule has 0 aliphatic carbocycles. The van der Waals surface area contributed by atoms with Gasteiger partial charge < -0.3 is 9.88 Å². The highest BCUT2D eigenvalue weighted by atomic mass is 16.6. The van der Waals surface area contributed by atoms with Gasteiger partial charge in [-0.2, -0.15) is 0 Å². The van der Waals surface area contributed by atoms with Crippen LogP contribution in [-0.4, -0.2) is 15.8 Å². The second kappa shape index (κ2) is 8.70. The highest BCUT2D eigenvalue weighted by Crippen LogP contribution is 2.27. The van der Waals surface area contributed by atoms with E-state index < -0.39 is 10.8 Å². The van der Waals surface area contributed by atoms with E-state index >= 15 is 0 Å². The van der Waals surface area contributed by atoms with Gasteiger partial charge in [0.15, 0.2) is 0 Å². The monoisotopic (exact) mass is 441 g/mol. The third kappa shape index (κ3) is 4.39. The highest BCUT2D eigenvalue weighted by molar-refractivity contribution is 6.06. The van der Waals surface area contributed by atoms with Crippen molar-refractivity contribution in [3.05, 3.63) is 115 Å². The van der Waals surface area contributed by atoms with E-state index in [1.54, 1.807) is 12.1 Å². The smallest absolute Gasteiger partial charge is 0.270 e. The molecule has 0 fully saturated rings. The number of aromatic nitrogens is 1. The molecule has 0 aliphatic rings. The molecule has 166 valence electrons. The Labute approximate surface area is 190 Å². The van der Waals surface area contributed by atoms with E-state index in [9.17, 15) is 19.7 Å². The second-order valence-corrected chi connectivity index (χ2v) is 8.15. The van der Waals surface area contributed by atoms with Gasteiger partial charge in [-0.05, 0) is 61.0 Å². The summed E-state index contributed by atoms with van der Waals surface area (Å²) in [4.78, 5) is 41.7. The summed E-state index contributed by atoms with van der Waals surface area (Å²) in [7, 11) is 0. The van der Waals surface area contributed by atoms with Gasteiger partial charge in [-0.25, -0.2) is 0 Å². The molecule has 0 saturated carbocycles. The topological polar surface area (TPSA) is 96.3 Å². The van der Waals surface area contributed by atoms with E-state index in [4.69, 9.17) is 0 Å². The number of aromatic amines is 1. The Kier molecular flexibility index (Phi) is 5.79. The van der Waals surface area contributed by atoms with Gasteiger partial charge >= 0.3 is 0 Å². The maximum Gasteiger partial charge on any atom is 0.270 e. The molecule has 0 aliphatic heterocycles. The minimum Gasteiger partial charge on any atom is -0.321 e. The van der Waals surface area contributed by atoms with Crippen LogP contribution < -0.4 is 10.5 Å². The Balaban J connectivity index is 1.84. The average Bonchev–Trinajstić information content (AvgIpc) is 2.80. The van der Waals surface area contributed by atoms with Crippen molar-refractivity contribution in [2.45, 2.75) is 27.3 Å². The molecule has 4 rings (SSSR count). The van der Waals surface area contributed by atoms with Crippen LogP contribution in [0.1, 0.15) is 32.6 Å². The van der Waals surface area contributed by atoms with Gasteiger partial charge in [0.1, 0.15) is 0 Å². The first-order valence-corrected chi connectivity index (χ1v) is 10.5. The summed E-state index contributed by atoms with van der Waals surface area (Å²) in [5, 5.41) is 12.1. The number of pyridine rings is 1. The van der Waals surface area contributed by atoms with Crippen LogP contribution in [0.15, 0.2) is 71.5 Å². The van der Waals surface area contributed by atoms with Crippen LogP contribution in [0.3, 0.4) is 0 Å². The van der Waals surface area contributed by atoms with Crippen LogP contribution in [0.4, 0.5) is 11.4 Å². The number of carbonyl (C=O) groups is 1. The molecule has 3 aromatic carbocycles. The lowest BCUT2D eigenvalue weighted by atomic mass is 10.1. The molecule has 7 nitrogen and oxygen atoms in total. The fourth-order valence-corrected chi connectivity index (χ4v) is 3.90. The number of nitro groups is 1. The summed E-state index contributed by atoms with van der Waals surface area (Å²) < 4.78 is 0. The second-order valence-electron chi connectivity index (χ2n) is 8.15. The van der Waals surface area contributed by atoms with Gasteiger partial charge in [-0.1, -0.05) is 36.4 Å². The lowest BCUT2D eigenvalue weighted by molar-refractivity contribution is -0.384. The van der Waals surface area contributed by atoms with Crippen molar-refractivity contribution in [3.63, 3.8) is 0 Å². The van der Waals surface area contributed by atoms with Crippen molar-refractivity contribution in [3.8, 4) is 0 Å². The normalized spacial score (nSPS) is 10.9. The van der Waals surface area contributed by atoms with Gasteiger partial charge in [-0.15, -0.1) is 0 Å². The third-order valence-electron chi connectivity index (χ3n) is 5.70. The van der Waals surface area contributed by atoms with Crippen molar-refractivity contribution in [2.24, 2.45) is 0 Å². The Morgan fingerprint density at radius 1 is 0.970 bits per heavy atom. The number of benzene rings is 3. The first-order chi connectivity index (χ1) is 15.7. The lowest BCUT2D eigenvalue weighted by Crippen LogP contribution is -2.33. The van der Waals surface area contributed by atoms with Crippen molar-refractivity contribution in [2.75, 3.05) is 4.90 Å². The number of hydrogen-bond acceptors (Lipinski definition) is 4. The number of aryl methyl sites for hydroxylation is 3. The quantitative estimate of drug-likeness (QED) is 0.340. The van der Waals surface area contributed by atoms with Crippen LogP contribution >= 0.6 is 0 Å². The maximum atomic E-state index is 13.6. The van der Waals surface area contributed by atoms with Crippen molar-refractivity contribution >= 4 is 28.2 Å². The Hall–Kier alpha value is -4.26. The number of nitrogens with zero attached hydrogens (tertiary/aromatic N) is 2. The number of nitrogens with one attached hydrogen (secondary N) is 1. The number of nitro benzene ring substituents is 1. The van der Waals surface area contributed by atoms with Gasteiger partial charge in [0.05, 0.1) is 17.0 Å². The number of fused-ring (bicyclic) bond motifs is 1. The molecule has 1 aromatic heterocycles. The van der Waals surface area contributed by atoms with E-state index in [1.807, 2.05) is 57.2 Å². The van der Waals surface area contributed by atoms with E-state index in [1.165, 1.54) is 23.1 Å². The van der Waals surface area contributed by atoms with E-state index in [0.29, 0.717) is 11.3 Å². The first kappa shape index (κ1) is 22.0. The summed E-state index contributed by atoms with van der Waals surface area (Å²) in [6, 6.07) is 18.9. The molecule has 1 N–H and O–H groups in total. The Morgan fingerprint density at radius 3 is 2.48 bits per heavy atom. The van der Waals surface area contributed by atoms with Crippen LogP contribution in [0.25, 0.3) is 10.9 Å². The van der Waals surface area contributed by atoms with E-state index in [-0.39, 0.29) is 23.4 Å². The summed E-state index contributed by atoms with van der Waals surface area (Å²) in [6.07, 6.45) is 0. The number of anilines is 1. The molecular weight excluding hydrogens is 418 g/mol. The van der Waals surface area contributed by atoms with Crippen LogP contribution in [0.5, 0.6) is 0 Å². The Morgan fingerprint density at radius 2 is 1.73 bits per heavy atom. The zero-order valence-corrected chi connectivity index (χ0v) is 18.6. The maximum absolute atomic E-state index is 13.6. The summed E-state index contributed by atoms with van der Waals surface area (Å²) in [5.74, 6) is -0.420. The summed E-state index contributed by atoms with van der Waals surface area (Å²) >= 11 is 0. The molecular formula is C26H23N3O4. The van der Waals surface area contributed by atoms with E-state index in [2.05, 4.69) is 4.98 Å². The van der Waals surface area contributed by atoms with Crippen LogP contribution in [0, 0.1) is 30.9 Å². The minimum atomic E-state index is -0.532. The predicted molar refractivity (Wildman–Crippen MR) is 129 cm³/mol. The molecule has 0 saturated heterocycles. The van der Waals surface area contributed by atoms with Gasteiger partial charge in [-0.3, -0.25) is 19.7 Å². The van der Waals surface area contributed by atoms with Crippen LogP contribution in [0.2, 0.25) is 0 Å². The largest absolute Gasteiger partial charge is 0.321 e. The highest BCUT2D eigenvalue weighted by Gasteiger charge is 2.23. The zero-order chi connectivity index (χ0) is 23.7. The standard InChI is InChI=1S/C26H23N3O4/c1-16-10-11-17(2)23(12-16)28(26(31)20-8-5-9-22(14-20)29(32)33)15-21-13-19-7-4-6-18(3)24(19)27-25(21)30/h4-14H,15H2,1-3H3,(H,27,30). The molecule has 7 heteroatoms. The van der Waals surface area contributed by atoms with Crippen molar-refractivity contribution < 1.29 is 9.72 Å². The molecule has 0 spiro atoms. The summed E-state index contributed by atoms with van der Waals surface area (Å²) in [5.41, 5.74) is 4.33. The fraction of sp³-hybridized carbons (Fsp3) is 0.154. The molecule has 0 radical (unpaired) electrons. The third-order valence-corrected chi connectivity index (χ3v) is 5.70. The molecule has 0 bridgehead atoms. The molecule has 0 unspecified atom stereocenters.